The van der Waals surface area contributed by atoms with Crippen molar-refractivity contribution in [2.45, 2.75) is 20.0 Å². The highest BCUT2D eigenvalue weighted by atomic mass is 28.2. The maximum Gasteiger partial charge on any atom is 0.146 e. The van der Waals surface area contributed by atoms with E-state index in [9.17, 15) is 0 Å². The van der Waals surface area contributed by atoms with Crippen LogP contribution in [-0.2, 0) is 13.9 Å². The van der Waals surface area contributed by atoms with Crippen molar-refractivity contribution in [1.29, 1.82) is 0 Å². The molecule has 88 valence electrons. The van der Waals surface area contributed by atoms with Crippen LogP contribution in [0.15, 0.2) is 0 Å². The van der Waals surface area contributed by atoms with Crippen LogP contribution in [-0.4, -0.2) is 43.0 Å². The Hall–Kier alpha value is 0.0969. The summed E-state index contributed by atoms with van der Waals surface area (Å²) in [5.41, 5.74) is 0. The molecule has 0 aromatic carbocycles. The highest BCUT2D eigenvalue weighted by Crippen LogP contribution is 2.38. The lowest BCUT2D eigenvalue weighted by molar-refractivity contribution is -0.149. The third-order valence-corrected chi connectivity index (χ3v) is 4.88. The van der Waals surface area contributed by atoms with Gasteiger partial charge in [0.2, 0.25) is 0 Å². The van der Waals surface area contributed by atoms with Crippen LogP contribution in [0.2, 0.25) is 0 Å². The smallest absolute Gasteiger partial charge is 0.146 e. The van der Waals surface area contributed by atoms with E-state index >= 15 is 0 Å². The van der Waals surface area contributed by atoms with Crippen LogP contribution in [0.4, 0.5) is 0 Å². The summed E-state index contributed by atoms with van der Waals surface area (Å²) in [6.07, 6.45) is 0.392. The molecular weight excluding hydrogens is 208 g/mol. The largest absolute Gasteiger partial charge is 0.425 e. The molecule has 2 rings (SSSR count). The monoisotopic (exact) mass is 230 g/mol. The molecule has 2 atom stereocenters. The number of hydrogen-bond acceptors (Lipinski definition) is 3. The molecule has 2 aliphatic heterocycles. The van der Waals surface area contributed by atoms with Crippen molar-refractivity contribution in [2.24, 2.45) is 23.7 Å². The summed E-state index contributed by atoms with van der Waals surface area (Å²) in [5.74, 6) is 2.85. The molecule has 0 aliphatic carbocycles. The van der Waals surface area contributed by atoms with Crippen LogP contribution >= 0.6 is 0 Å². The maximum absolute atomic E-state index is 5.59. The van der Waals surface area contributed by atoms with Gasteiger partial charge in [-0.15, -0.1) is 0 Å². The van der Waals surface area contributed by atoms with Gasteiger partial charge in [0.1, 0.15) is 10.5 Å². The van der Waals surface area contributed by atoms with Crippen molar-refractivity contribution < 1.29 is 13.9 Å². The molecule has 2 heterocycles. The van der Waals surface area contributed by atoms with Gasteiger partial charge in [0, 0.05) is 17.9 Å². The normalized spacial score (nSPS) is 27.4. The van der Waals surface area contributed by atoms with Gasteiger partial charge in [0.05, 0.1) is 26.4 Å². The first kappa shape index (κ1) is 11.6. The summed E-state index contributed by atoms with van der Waals surface area (Å²) in [6.45, 7) is 8.30. The van der Waals surface area contributed by atoms with Crippen LogP contribution in [0, 0.1) is 23.7 Å². The Morgan fingerprint density at radius 1 is 1.07 bits per heavy atom. The second kappa shape index (κ2) is 4.95. The first-order valence-corrected chi connectivity index (χ1v) is 6.74. The van der Waals surface area contributed by atoms with Crippen molar-refractivity contribution in [1.82, 2.24) is 0 Å². The van der Waals surface area contributed by atoms with Crippen LogP contribution in [0.5, 0.6) is 0 Å². The van der Waals surface area contributed by atoms with Crippen molar-refractivity contribution in [3.05, 3.63) is 0 Å². The van der Waals surface area contributed by atoms with E-state index in [0.29, 0.717) is 12.0 Å². The lowest BCUT2D eigenvalue weighted by Gasteiger charge is -2.46. The molecule has 0 spiro atoms. The maximum atomic E-state index is 5.59. The Morgan fingerprint density at radius 2 is 1.53 bits per heavy atom. The van der Waals surface area contributed by atoms with E-state index in [0.717, 1.165) is 54.7 Å². The molecule has 2 aliphatic rings. The van der Waals surface area contributed by atoms with Crippen LogP contribution in [0.25, 0.3) is 0 Å². The molecule has 4 heteroatoms. The Morgan fingerprint density at radius 3 is 1.80 bits per heavy atom. The van der Waals surface area contributed by atoms with Crippen LogP contribution < -0.4 is 0 Å². The van der Waals surface area contributed by atoms with Crippen molar-refractivity contribution in [2.75, 3.05) is 26.4 Å². The average Bonchev–Trinajstić information content (AvgIpc) is 2.08. The zero-order chi connectivity index (χ0) is 10.8. The van der Waals surface area contributed by atoms with Gasteiger partial charge in [-0.3, -0.25) is 0 Å². The molecule has 3 nitrogen and oxygen atoms in total. The minimum Gasteiger partial charge on any atom is -0.425 e. The molecule has 2 saturated heterocycles. The molecule has 0 aromatic rings. The Balaban J connectivity index is 1.96. The fourth-order valence-corrected chi connectivity index (χ4v) is 3.15. The fraction of sp³-hybridized carbons (Fsp3) is 1.00. The van der Waals surface area contributed by atoms with Crippen molar-refractivity contribution >= 4 is 10.5 Å². The summed E-state index contributed by atoms with van der Waals surface area (Å²) in [4.78, 5) is 0. The van der Waals surface area contributed by atoms with E-state index in [1.54, 1.807) is 0 Å². The third-order valence-electron chi connectivity index (χ3n) is 4.14. The molecule has 0 amide bonds. The standard InChI is InChI=1S/C11H22O3Si/c1-7(8(2)14-15)11(9-3-12-4-9)10-5-13-6-10/h7-11H,3-6H2,1-2,15H3. The summed E-state index contributed by atoms with van der Waals surface area (Å²) < 4.78 is 16.2. The molecule has 15 heavy (non-hydrogen) atoms. The highest BCUT2D eigenvalue weighted by Gasteiger charge is 2.42. The SMILES string of the molecule is CC(O[SiH3])C(C)C(C1COC1)C1COC1. The van der Waals surface area contributed by atoms with E-state index in [4.69, 9.17) is 13.9 Å². The van der Waals surface area contributed by atoms with E-state index in [1.165, 1.54) is 0 Å². The molecule has 0 saturated carbocycles. The number of hydrogen-bond donors (Lipinski definition) is 0. The van der Waals surface area contributed by atoms with E-state index in [-0.39, 0.29) is 0 Å². The first-order chi connectivity index (χ1) is 7.24. The summed E-state index contributed by atoms with van der Waals surface area (Å²) in [6, 6.07) is 0. The Labute approximate surface area is 95.0 Å². The van der Waals surface area contributed by atoms with Crippen LogP contribution in [0.3, 0.4) is 0 Å². The zero-order valence-corrected chi connectivity index (χ0v) is 11.9. The Bertz CT molecular complexity index is 190. The summed E-state index contributed by atoms with van der Waals surface area (Å²) in [7, 11) is 0.835. The minimum atomic E-state index is 0.392. The topological polar surface area (TPSA) is 27.7 Å². The Kier molecular flexibility index (Phi) is 3.82. The second-order valence-electron chi connectivity index (χ2n) is 4.97. The second-order valence-corrected chi connectivity index (χ2v) is 5.44. The van der Waals surface area contributed by atoms with Crippen LogP contribution in [0.1, 0.15) is 13.8 Å². The van der Waals surface area contributed by atoms with Gasteiger partial charge in [-0.05, 0) is 18.8 Å². The minimum absolute atomic E-state index is 0.392. The quantitative estimate of drug-likeness (QED) is 0.632. The van der Waals surface area contributed by atoms with Gasteiger partial charge in [0.15, 0.2) is 0 Å². The van der Waals surface area contributed by atoms with E-state index in [1.807, 2.05) is 0 Å². The van der Waals surface area contributed by atoms with Gasteiger partial charge in [-0.1, -0.05) is 6.92 Å². The van der Waals surface area contributed by atoms with Gasteiger partial charge in [-0.2, -0.15) is 0 Å². The van der Waals surface area contributed by atoms with Gasteiger partial charge >= 0.3 is 0 Å². The molecule has 0 aromatic heterocycles. The molecule has 0 N–H and O–H groups in total. The third kappa shape index (κ3) is 2.28. The van der Waals surface area contributed by atoms with Gasteiger partial charge in [-0.25, -0.2) is 0 Å². The van der Waals surface area contributed by atoms with Gasteiger partial charge < -0.3 is 13.9 Å². The van der Waals surface area contributed by atoms with E-state index < -0.39 is 0 Å². The highest BCUT2D eigenvalue weighted by molar-refractivity contribution is 5.98. The fourth-order valence-electron chi connectivity index (χ4n) is 2.72. The molecule has 0 bridgehead atoms. The predicted molar refractivity (Wildman–Crippen MR) is 61.8 cm³/mol. The van der Waals surface area contributed by atoms with E-state index in [2.05, 4.69) is 13.8 Å². The first-order valence-electron chi connectivity index (χ1n) is 5.92. The predicted octanol–water partition coefficient (Wildman–Crippen LogP) is 0.217. The lowest BCUT2D eigenvalue weighted by atomic mass is 9.70. The number of rotatable bonds is 5. The molecule has 0 radical (unpaired) electrons. The molecule has 2 unspecified atom stereocenters. The molecular formula is C11H22O3Si. The average molecular weight is 230 g/mol. The van der Waals surface area contributed by atoms with Crippen molar-refractivity contribution in [3.8, 4) is 0 Å². The summed E-state index contributed by atoms with van der Waals surface area (Å²) in [5, 5.41) is 0. The lowest BCUT2D eigenvalue weighted by Crippen LogP contribution is -2.49. The zero-order valence-electron chi connectivity index (χ0n) is 9.94. The van der Waals surface area contributed by atoms with Gasteiger partial charge in [0.25, 0.3) is 0 Å². The summed E-state index contributed by atoms with van der Waals surface area (Å²) >= 11 is 0. The van der Waals surface area contributed by atoms with Crippen molar-refractivity contribution in [3.63, 3.8) is 0 Å². The molecule has 2 fully saturated rings. The number of ether oxygens (including phenoxy) is 2.